The van der Waals surface area contributed by atoms with Gasteiger partial charge in [0.1, 0.15) is 18.2 Å². The van der Waals surface area contributed by atoms with Gasteiger partial charge in [-0.25, -0.2) is 9.37 Å². The lowest BCUT2D eigenvalue weighted by Crippen LogP contribution is -2.26. The first kappa shape index (κ1) is 17.6. The number of hydrogen-bond donors (Lipinski definition) is 2. The molecule has 0 atom stereocenters. The van der Waals surface area contributed by atoms with E-state index in [1.54, 1.807) is 11.5 Å². The number of nitrogens with one attached hydrogen (secondary N) is 2. The van der Waals surface area contributed by atoms with Gasteiger partial charge in [-0.15, -0.1) is 0 Å². The van der Waals surface area contributed by atoms with Gasteiger partial charge in [-0.1, -0.05) is 19.1 Å². The molecule has 0 spiro atoms. The van der Waals surface area contributed by atoms with Crippen LogP contribution in [-0.4, -0.2) is 21.4 Å². The molecular weight excluding hydrogens is 335 g/mol. The third-order valence-electron chi connectivity index (χ3n) is 3.93. The number of nitrogens with zero attached hydrogens (tertiary/aromatic N) is 2. The Morgan fingerprint density at radius 2 is 1.81 bits per heavy atom. The Kier molecular flexibility index (Phi) is 5.26. The number of hydrogen-bond acceptors (Lipinski definition) is 3. The van der Waals surface area contributed by atoms with Gasteiger partial charge in [0.15, 0.2) is 0 Å². The van der Waals surface area contributed by atoms with Crippen molar-refractivity contribution in [1.29, 1.82) is 0 Å². The van der Waals surface area contributed by atoms with Crippen molar-refractivity contribution in [2.24, 2.45) is 0 Å². The second-order valence-corrected chi connectivity index (χ2v) is 5.79. The largest absolute Gasteiger partial charge is 0.349 e. The molecule has 0 saturated heterocycles. The van der Waals surface area contributed by atoms with Crippen LogP contribution in [0.15, 0.2) is 48.5 Å². The van der Waals surface area contributed by atoms with Gasteiger partial charge in [0.25, 0.3) is 0 Å². The molecule has 0 aliphatic carbocycles. The van der Waals surface area contributed by atoms with Gasteiger partial charge >= 0.3 is 0 Å². The van der Waals surface area contributed by atoms with Crippen LogP contribution >= 0.6 is 0 Å². The van der Waals surface area contributed by atoms with E-state index in [0.29, 0.717) is 17.9 Å². The fraction of sp³-hybridized carbons (Fsp3) is 0.211. The fourth-order valence-electron chi connectivity index (χ4n) is 2.62. The minimum absolute atomic E-state index is 0.0369. The SMILES string of the molecule is CCC(=O)NCc1nc2ccccc2n1CC(=O)Nc1ccc(F)cc1. The van der Waals surface area contributed by atoms with Crippen molar-refractivity contribution in [1.82, 2.24) is 14.9 Å². The lowest BCUT2D eigenvalue weighted by atomic mass is 10.3. The summed E-state index contributed by atoms with van der Waals surface area (Å²) >= 11 is 0. The van der Waals surface area contributed by atoms with E-state index < -0.39 is 0 Å². The van der Waals surface area contributed by atoms with Crippen molar-refractivity contribution >= 4 is 28.5 Å². The lowest BCUT2D eigenvalue weighted by Gasteiger charge is -2.10. The van der Waals surface area contributed by atoms with E-state index in [1.165, 1.54) is 24.3 Å². The van der Waals surface area contributed by atoms with Crippen LogP contribution in [0.5, 0.6) is 0 Å². The Morgan fingerprint density at radius 3 is 2.54 bits per heavy atom. The minimum atomic E-state index is -0.363. The van der Waals surface area contributed by atoms with E-state index in [1.807, 2.05) is 24.3 Å². The number of carbonyl (C=O) groups excluding carboxylic acids is 2. The molecule has 0 saturated carbocycles. The van der Waals surface area contributed by atoms with E-state index in [0.717, 1.165) is 11.0 Å². The number of imidazole rings is 1. The molecule has 1 heterocycles. The maximum atomic E-state index is 13.0. The molecule has 0 aliphatic heterocycles. The van der Waals surface area contributed by atoms with Gasteiger partial charge in [0.05, 0.1) is 17.6 Å². The predicted molar refractivity (Wildman–Crippen MR) is 96.9 cm³/mol. The van der Waals surface area contributed by atoms with Gasteiger partial charge in [0, 0.05) is 12.1 Å². The quantitative estimate of drug-likeness (QED) is 0.715. The number of benzene rings is 2. The Hall–Kier alpha value is -3.22. The number of anilines is 1. The van der Waals surface area contributed by atoms with E-state index in [-0.39, 0.29) is 30.7 Å². The van der Waals surface area contributed by atoms with Crippen LogP contribution in [0.4, 0.5) is 10.1 Å². The van der Waals surface area contributed by atoms with Crippen molar-refractivity contribution in [3.05, 3.63) is 60.2 Å². The second-order valence-electron chi connectivity index (χ2n) is 5.79. The fourth-order valence-corrected chi connectivity index (χ4v) is 2.62. The highest BCUT2D eigenvalue weighted by molar-refractivity contribution is 5.91. The molecule has 3 rings (SSSR count). The van der Waals surface area contributed by atoms with Crippen molar-refractivity contribution in [3.8, 4) is 0 Å². The average Bonchev–Trinajstić information content (AvgIpc) is 2.99. The van der Waals surface area contributed by atoms with Gasteiger partial charge in [0.2, 0.25) is 11.8 Å². The molecule has 0 fully saturated rings. The highest BCUT2D eigenvalue weighted by atomic mass is 19.1. The number of amides is 2. The number of para-hydroxylation sites is 2. The molecule has 2 aromatic carbocycles. The summed E-state index contributed by atoms with van der Waals surface area (Å²) in [6.45, 7) is 2.05. The number of halogens is 1. The molecule has 1 aromatic heterocycles. The molecule has 134 valence electrons. The molecule has 0 unspecified atom stereocenters. The van der Waals surface area contributed by atoms with Crippen molar-refractivity contribution < 1.29 is 14.0 Å². The Labute approximate surface area is 150 Å². The van der Waals surface area contributed by atoms with E-state index in [2.05, 4.69) is 15.6 Å². The minimum Gasteiger partial charge on any atom is -0.349 e. The summed E-state index contributed by atoms with van der Waals surface area (Å²) < 4.78 is 14.7. The third kappa shape index (κ3) is 4.05. The van der Waals surface area contributed by atoms with Gasteiger partial charge in [-0.05, 0) is 36.4 Å². The van der Waals surface area contributed by atoms with Crippen molar-refractivity contribution in [3.63, 3.8) is 0 Å². The van der Waals surface area contributed by atoms with E-state index in [4.69, 9.17) is 0 Å². The van der Waals surface area contributed by atoms with Crippen molar-refractivity contribution in [2.75, 3.05) is 5.32 Å². The molecular formula is C19H19FN4O2. The van der Waals surface area contributed by atoms with Crippen LogP contribution in [0.1, 0.15) is 19.2 Å². The monoisotopic (exact) mass is 354 g/mol. The lowest BCUT2D eigenvalue weighted by molar-refractivity contribution is -0.121. The van der Waals surface area contributed by atoms with Crippen molar-refractivity contribution in [2.45, 2.75) is 26.4 Å². The summed E-state index contributed by atoms with van der Waals surface area (Å²) in [5, 5.41) is 5.52. The molecule has 2 N–H and O–H groups in total. The molecule has 26 heavy (non-hydrogen) atoms. The summed E-state index contributed by atoms with van der Waals surface area (Å²) in [5.74, 6) is -0.109. The number of carbonyl (C=O) groups is 2. The molecule has 0 radical (unpaired) electrons. The second kappa shape index (κ2) is 7.77. The van der Waals surface area contributed by atoms with E-state index >= 15 is 0 Å². The zero-order valence-corrected chi connectivity index (χ0v) is 14.3. The zero-order chi connectivity index (χ0) is 18.5. The maximum Gasteiger partial charge on any atom is 0.244 e. The van der Waals surface area contributed by atoms with Gasteiger partial charge in [-0.3, -0.25) is 9.59 Å². The normalized spacial score (nSPS) is 10.7. The van der Waals surface area contributed by atoms with Crippen LogP contribution < -0.4 is 10.6 Å². The number of fused-ring (bicyclic) bond motifs is 1. The van der Waals surface area contributed by atoms with Crippen LogP contribution in [-0.2, 0) is 22.7 Å². The van der Waals surface area contributed by atoms with Crippen LogP contribution in [0, 0.1) is 5.82 Å². The summed E-state index contributed by atoms with van der Waals surface area (Å²) in [6.07, 6.45) is 0.380. The number of rotatable bonds is 6. The van der Waals surface area contributed by atoms with E-state index in [9.17, 15) is 14.0 Å². The molecule has 0 aliphatic rings. The highest BCUT2D eigenvalue weighted by Gasteiger charge is 2.14. The molecule has 6 nitrogen and oxygen atoms in total. The predicted octanol–water partition coefficient (Wildman–Crippen LogP) is 2.84. The Balaban J connectivity index is 1.81. The number of aromatic nitrogens is 2. The Morgan fingerprint density at radius 1 is 1.08 bits per heavy atom. The summed E-state index contributed by atoms with van der Waals surface area (Å²) in [4.78, 5) is 28.5. The van der Waals surface area contributed by atoms with Gasteiger partial charge < -0.3 is 15.2 Å². The Bertz CT molecular complexity index is 934. The summed E-state index contributed by atoms with van der Waals surface area (Å²) in [6, 6.07) is 13.0. The molecule has 2 amide bonds. The first-order valence-electron chi connectivity index (χ1n) is 8.33. The average molecular weight is 354 g/mol. The summed E-state index contributed by atoms with van der Waals surface area (Å²) in [7, 11) is 0. The van der Waals surface area contributed by atoms with Gasteiger partial charge in [-0.2, -0.15) is 0 Å². The van der Waals surface area contributed by atoms with Crippen LogP contribution in [0.2, 0.25) is 0 Å². The standard InChI is InChI=1S/C19H19FN4O2/c1-2-18(25)21-11-17-23-15-5-3-4-6-16(15)24(17)12-19(26)22-14-9-7-13(20)8-10-14/h3-10H,2,11-12H2,1H3,(H,21,25)(H,22,26). The first-order chi connectivity index (χ1) is 12.6. The van der Waals surface area contributed by atoms with Crippen LogP contribution in [0.25, 0.3) is 11.0 Å². The van der Waals surface area contributed by atoms with Crippen LogP contribution in [0.3, 0.4) is 0 Å². The smallest absolute Gasteiger partial charge is 0.244 e. The molecule has 0 bridgehead atoms. The summed E-state index contributed by atoms with van der Waals surface area (Å²) in [5.41, 5.74) is 2.08. The zero-order valence-electron chi connectivity index (χ0n) is 14.3. The highest BCUT2D eigenvalue weighted by Crippen LogP contribution is 2.17. The molecule has 3 aromatic rings. The first-order valence-corrected chi connectivity index (χ1v) is 8.33. The topological polar surface area (TPSA) is 76.0 Å². The molecule has 7 heteroatoms. The maximum absolute atomic E-state index is 13.0. The third-order valence-corrected chi connectivity index (χ3v) is 3.93.